The summed E-state index contributed by atoms with van der Waals surface area (Å²) < 4.78 is 5.43. The van der Waals surface area contributed by atoms with Crippen molar-refractivity contribution in [2.24, 2.45) is 0 Å². The van der Waals surface area contributed by atoms with Crippen LogP contribution in [0.4, 0.5) is 9.93 Å². The summed E-state index contributed by atoms with van der Waals surface area (Å²) in [6.45, 7) is 3.73. The number of nitrogens with one attached hydrogen (secondary N) is 2. The van der Waals surface area contributed by atoms with Crippen LogP contribution in [0, 0.1) is 6.92 Å². The predicted octanol–water partition coefficient (Wildman–Crippen LogP) is 2.93. The second kappa shape index (κ2) is 5.01. The molecular formula is C11H13N3O2S. The summed E-state index contributed by atoms with van der Waals surface area (Å²) in [6, 6.07) is 3.25. The van der Waals surface area contributed by atoms with Gasteiger partial charge < -0.3 is 9.73 Å². The van der Waals surface area contributed by atoms with E-state index in [2.05, 4.69) is 15.6 Å². The van der Waals surface area contributed by atoms with Crippen molar-refractivity contribution in [3.8, 4) is 0 Å². The molecule has 0 unspecified atom stereocenters. The number of aromatic nitrogens is 1. The number of hydrogen-bond acceptors (Lipinski definition) is 4. The zero-order valence-corrected chi connectivity index (χ0v) is 10.4. The van der Waals surface area contributed by atoms with Crippen molar-refractivity contribution in [1.29, 1.82) is 0 Å². The van der Waals surface area contributed by atoms with Gasteiger partial charge in [0.25, 0.3) is 0 Å². The van der Waals surface area contributed by atoms with E-state index in [0.717, 1.165) is 11.5 Å². The first kappa shape index (κ1) is 11.7. The lowest BCUT2D eigenvalue weighted by molar-refractivity contribution is 0.247. The summed E-state index contributed by atoms with van der Waals surface area (Å²) in [7, 11) is 0. The first-order chi connectivity index (χ1) is 8.15. The highest BCUT2D eigenvalue weighted by Gasteiger charge is 2.13. The number of urea groups is 1. The molecule has 0 saturated carbocycles. The third-order valence-corrected chi connectivity index (χ3v) is 2.88. The topological polar surface area (TPSA) is 67.2 Å². The molecule has 1 atom stereocenters. The Labute approximate surface area is 103 Å². The summed E-state index contributed by atoms with van der Waals surface area (Å²) in [5.74, 6) is 1.56. The lowest BCUT2D eigenvalue weighted by atomic mass is 10.2. The maximum atomic E-state index is 11.6. The highest BCUT2D eigenvalue weighted by Crippen LogP contribution is 2.16. The van der Waals surface area contributed by atoms with Crippen LogP contribution in [-0.4, -0.2) is 11.0 Å². The third kappa shape index (κ3) is 3.07. The minimum absolute atomic E-state index is 0.177. The van der Waals surface area contributed by atoms with Gasteiger partial charge in [-0.1, -0.05) is 0 Å². The highest BCUT2D eigenvalue weighted by atomic mass is 32.1. The number of nitrogens with zero attached hydrogens (tertiary/aromatic N) is 1. The van der Waals surface area contributed by atoms with Gasteiger partial charge in [0.15, 0.2) is 5.13 Å². The Morgan fingerprint density at radius 3 is 2.94 bits per heavy atom. The van der Waals surface area contributed by atoms with Crippen LogP contribution in [0.15, 0.2) is 28.1 Å². The lowest BCUT2D eigenvalue weighted by Crippen LogP contribution is -2.30. The van der Waals surface area contributed by atoms with Gasteiger partial charge in [-0.25, -0.2) is 9.78 Å². The minimum Gasteiger partial charge on any atom is -0.464 e. The van der Waals surface area contributed by atoms with E-state index in [-0.39, 0.29) is 12.1 Å². The first-order valence-corrected chi connectivity index (χ1v) is 6.06. The van der Waals surface area contributed by atoms with Crippen LogP contribution in [0.3, 0.4) is 0 Å². The molecule has 0 spiro atoms. The quantitative estimate of drug-likeness (QED) is 0.881. The van der Waals surface area contributed by atoms with Crippen LogP contribution < -0.4 is 10.6 Å². The van der Waals surface area contributed by atoms with Gasteiger partial charge in [0.2, 0.25) is 0 Å². The Bertz CT molecular complexity index is 493. The monoisotopic (exact) mass is 251 g/mol. The fourth-order valence-corrected chi connectivity index (χ4v) is 1.90. The SMILES string of the molecule is Cc1ccc([C@@H](C)NC(=O)Nc2nccs2)o1. The molecule has 0 fully saturated rings. The average Bonchev–Trinajstić information content (AvgIpc) is 2.89. The molecule has 5 nitrogen and oxygen atoms in total. The van der Waals surface area contributed by atoms with Crippen LogP contribution in [0.2, 0.25) is 0 Å². The van der Waals surface area contributed by atoms with Crippen LogP contribution in [-0.2, 0) is 0 Å². The molecule has 2 rings (SSSR count). The van der Waals surface area contributed by atoms with E-state index in [9.17, 15) is 4.79 Å². The zero-order valence-electron chi connectivity index (χ0n) is 9.56. The van der Waals surface area contributed by atoms with Crippen molar-refractivity contribution in [3.05, 3.63) is 35.2 Å². The van der Waals surface area contributed by atoms with Crippen LogP contribution in [0.5, 0.6) is 0 Å². The van der Waals surface area contributed by atoms with Crippen molar-refractivity contribution in [2.45, 2.75) is 19.9 Å². The first-order valence-electron chi connectivity index (χ1n) is 5.18. The third-order valence-electron chi connectivity index (χ3n) is 2.19. The Balaban J connectivity index is 1.90. The van der Waals surface area contributed by atoms with Crippen LogP contribution in [0.25, 0.3) is 0 Å². The predicted molar refractivity (Wildman–Crippen MR) is 66.1 cm³/mol. The van der Waals surface area contributed by atoms with Gasteiger partial charge in [-0.2, -0.15) is 0 Å². The second-order valence-corrected chi connectivity index (χ2v) is 4.50. The number of carbonyl (C=O) groups excluding carboxylic acids is 1. The van der Waals surface area contributed by atoms with Crippen molar-refractivity contribution in [1.82, 2.24) is 10.3 Å². The largest absolute Gasteiger partial charge is 0.464 e. The van der Waals surface area contributed by atoms with E-state index in [1.165, 1.54) is 11.3 Å². The zero-order chi connectivity index (χ0) is 12.3. The number of amides is 2. The standard InChI is InChI=1S/C11H13N3O2S/c1-7-3-4-9(16-7)8(2)13-10(15)14-11-12-5-6-17-11/h3-6,8H,1-2H3,(H2,12,13,14,15)/t8-/m1/s1. The number of thiazole rings is 1. The van der Waals surface area contributed by atoms with Gasteiger partial charge in [-0.05, 0) is 26.0 Å². The molecule has 0 radical (unpaired) electrons. The summed E-state index contributed by atoms with van der Waals surface area (Å²) in [6.07, 6.45) is 1.64. The van der Waals surface area contributed by atoms with Gasteiger partial charge in [0.05, 0.1) is 6.04 Å². The molecule has 2 heterocycles. The summed E-state index contributed by atoms with van der Waals surface area (Å²) in [4.78, 5) is 15.6. The number of aryl methyl sites for hydroxylation is 1. The van der Waals surface area contributed by atoms with Crippen molar-refractivity contribution in [2.75, 3.05) is 5.32 Å². The Kier molecular flexibility index (Phi) is 3.43. The molecule has 0 bridgehead atoms. The maximum absolute atomic E-state index is 11.6. The van der Waals surface area contributed by atoms with Gasteiger partial charge in [-0.3, -0.25) is 5.32 Å². The molecule has 90 valence electrons. The molecule has 17 heavy (non-hydrogen) atoms. The fourth-order valence-electron chi connectivity index (χ4n) is 1.37. The summed E-state index contributed by atoms with van der Waals surface area (Å²) >= 11 is 1.37. The van der Waals surface area contributed by atoms with E-state index >= 15 is 0 Å². The van der Waals surface area contributed by atoms with Gasteiger partial charge in [-0.15, -0.1) is 11.3 Å². The van der Waals surface area contributed by atoms with E-state index in [1.807, 2.05) is 26.0 Å². The Morgan fingerprint density at radius 1 is 1.53 bits per heavy atom. The Morgan fingerprint density at radius 2 is 2.35 bits per heavy atom. The number of rotatable bonds is 3. The van der Waals surface area contributed by atoms with Gasteiger partial charge >= 0.3 is 6.03 Å². The normalized spacial score (nSPS) is 12.1. The molecular weight excluding hydrogens is 238 g/mol. The molecule has 0 aromatic carbocycles. The molecule has 0 aliphatic rings. The van der Waals surface area contributed by atoms with E-state index in [1.54, 1.807) is 11.6 Å². The Hall–Kier alpha value is -1.82. The number of carbonyl (C=O) groups is 1. The number of anilines is 1. The molecule has 6 heteroatoms. The van der Waals surface area contributed by atoms with Crippen molar-refractivity contribution in [3.63, 3.8) is 0 Å². The maximum Gasteiger partial charge on any atom is 0.321 e. The average molecular weight is 251 g/mol. The molecule has 2 aromatic rings. The smallest absolute Gasteiger partial charge is 0.321 e. The van der Waals surface area contributed by atoms with E-state index < -0.39 is 0 Å². The van der Waals surface area contributed by atoms with Crippen molar-refractivity contribution >= 4 is 22.5 Å². The molecule has 2 aromatic heterocycles. The van der Waals surface area contributed by atoms with Gasteiger partial charge in [0.1, 0.15) is 11.5 Å². The minimum atomic E-state index is -0.290. The molecule has 2 amide bonds. The molecule has 0 aliphatic heterocycles. The van der Waals surface area contributed by atoms with Crippen LogP contribution >= 0.6 is 11.3 Å². The molecule has 0 saturated heterocycles. The van der Waals surface area contributed by atoms with E-state index in [4.69, 9.17) is 4.42 Å². The molecule has 2 N–H and O–H groups in total. The number of furan rings is 1. The number of hydrogen-bond donors (Lipinski definition) is 2. The second-order valence-electron chi connectivity index (χ2n) is 3.61. The lowest BCUT2D eigenvalue weighted by Gasteiger charge is -2.11. The molecule has 0 aliphatic carbocycles. The highest BCUT2D eigenvalue weighted by molar-refractivity contribution is 7.13. The van der Waals surface area contributed by atoms with Crippen molar-refractivity contribution < 1.29 is 9.21 Å². The summed E-state index contributed by atoms with van der Waals surface area (Å²) in [5, 5.41) is 7.79. The summed E-state index contributed by atoms with van der Waals surface area (Å²) in [5.41, 5.74) is 0. The van der Waals surface area contributed by atoms with E-state index in [0.29, 0.717) is 5.13 Å². The van der Waals surface area contributed by atoms with Gasteiger partial charge in [0, 0.05) is 11.6 Å². The fraction of sp³-hybridized carbons (Fsp3) is 0.273. The van der Waals surface area contributed by atoms with Crippen LogP contribution in [0.1, 0.15) is 24.5 Å².